The van der Waals surface area contributed by atoms with Crippen LogP contribution in [0.5, 0.6) is 0 Å². The van der Waals surface area contributed by atoms with E-state index in [2.05, 4.69) is 10.4 Å². The molecule has 126 valence electrons. The molecule has 0 saturated carbocycles. The molecular weight excluding hydrogens is 378 g/mol. The fourth-order valence-corrected chi connectivity index (χ4v) is 5.09. The van der Waals surface area contributed by atoms with Crippen LogP contribution in [0, 0.1) is 23.0 Å². The molecule has 0 fully saturated rings. The van der Waals surface area contributed by atoms with Gasteiger partial charge in [-0.15, -0.1) is 11.8 Å². The molecule has 1 aromatic heterocycles. The predicted octanol–water partition coefficient (Wildman–Crippen LogP) is 5.88. The minimum Gasteiger partial charge on any atom is -0.207 e. The third-order valence-corrected chi connectivity index (χ3v) is 6.59. The molecule has 1 heterocycles. The van der Waals surface area contributed by atoms with E-state index >= 15 is 0 Å². The Morgan fingerprint density at radius 1 is 0.960 bits per heavy atom. The van der Waals surface area contributed by atoms with Gasteiger partial charge in [-0.1, -0.05) is 36.0 Å². The van der Waals surface area contributed by atoms with E-state index in [1.54, 1.807) is 12.1 Å². The molecule has 7 heteroatoms. The highest BCUT2D eigenvalue weighted by atomic mass is 32.2. The molecule has 0 unspecified atom stereocenters. The Labute approximate surface area is 157 Å². The molecule has 0 atom stereocenters. The summed E-state index contributed by atoms with van der Waals surface area (Å²) in [4.78, 5) is 0. The summed E-state index contributed by atoms with van der Waals surface area (Å²) in [6.07, 6.45) is 0. The number of nitrogens with zero attached hydrogens (tertiary/aromatic N) is 2. The second-order valence-corrected chi connectivity index (χ2v) is 8.08. The third kappa shape index (κ3) is 4.82. The van der Waals surface area contributed by atoms with E-state index in [4.69, 9.17) is 0 Å². The Balaban J connectivity index is 1.67. The fraction of sp³-hybridized carbons (Fsp3) is 0.111. The van der Waals surface area contributed by atoms with Crippen LogP contribution in [-0.2, 0) is 11.5 Å². The first kappa shape index (κ1) is 17.9. The lowest BCUT2D eigenvalue weighted by molar-refractivity contribution is 0.626. The van der Waals surface area contributed by atoms with E-state index in [1.165, 1.54) is 59.3 Å². The molecule has 2 nitrogen and oxygen atoms in total. The van der Waals surface area contributed by atoms with Crippen LogP contribution in [0.1, 0.15) is 16.7 Å². The van der Waals surface area contributed by atoms with Crippen molar-refractivity contribution in [1.29, 1.82) is 5.26 Å². The molecule has 25 heavy (non-hydrogen) atoms. The normalized spacial score (nSPS) is 10.6. The van der Waals surface area contributed by atoms with Crippen LogP contribution in [0.2, 0.25) is 0 Å². The summed E-state index contributed by atoms with van der Waals surface area (Å²) in [5.41, 5.74) is 2.24. The van der Waals surface area contributed by atoms with Crippen LogP contribution >= 0.6 is 35.1 Å². The maximum absolute atomic E-state index is 13.2. The van der Waals surface area contributed by atoms with Crippen molar-refractivity contribution < 1.29 is 8.78 Å². The molecule has 3 rings (SSSR count). The van der Waals surface area contributed by atoms with Crippen molar-refractivity contribution in [2.75, 3.05) is 0 Å². The predicted molar refractivity (Wildman–Crippen MR) is 98.8 cm³/mol. The molecule has 0 aliphatic carbocycles. The standard InChI is InChI=1S/C18H12F2N2S3/c19-14-5-1-3-12(7-14)10-23-17-16(9-21)18(25-22-17)24-11-13-4-2-6-15(20)8-13/h1-8H,10-11H2. The minimum atomic E-state index is -0.275. The lowest BCUT2D eigenvalue weighted by atomic mass is 10.2. The molecule has 2 aromatic carbocycles. The number of nitriles is 1. The van der Waals surface area contributed by atoms with Gasteiger partial charge in [-0.2, -0.15) is 9.64 Å². The average Bonchev–Trinajstić information content (AvgIpc) is 3.00. The van der Waals surface area contributed by atoms with Crippen LogP contribution in [0.3, 0.4) is 0 Å². The van der Waals surface area contributed by atoms with Crippen molar-refractivity contribution in [3.05, 3.63) is 76.9 Å². The van der Waals surface area contributed by atoms with Crippen molar-refractivity contribution in [2.24, 2.45) is 0 Å². The largest absolute Gasteiger partial charge is 0.207 e. The topological polar surface area (TPSA) is 36.7 Å². The number of aromatic nitrogens is 1. The molecule has 0 spiro atoms. The average molecular weight is 391 g/mol. The van der Waals surface area contributed by atoms with E-state index in [1.807, 2.05) is 12.1 Å². The Morgan fingerprint density at radius 2 is 1.56 bits per heavy atom. The first-order valence-corrected chi connectivity index (χ1v) is 10.0. The van der Waals surface area contributed by atoms with Crippen LogP contribution in [0.15, 0.2) is 57.8 Å². The van der Waals surface area contributed by atoms with Gasteiger partial charge in [0, 0.05) is 11.5 Å². The molecule has 0 bridgehead atoms. The van der Waals surface area contributed by atoms with Gasteiger partial charge >= 0.3 is 0 Å². The van der Waals surface area contributed by atoms with Crippen LogP contribution in [-0.4, -0.2) is 4.37 Å². The van der Waals surface area contributed by atoms with Gasteiger partial charge in [-0.3, -0.25) is 0 Å². The van der Waals surface area contributed by atoms with Gasteiger partial charge in [0.15, 0.2) is 0 Å². The second-order valence-electron chi connectivity index (χ2n) is 5.10. The third-order valence-electron chi connectivity index (χ3n) is 3.26. The molecule has 0 N–H and O–H groups in total. The zero-order chi connectivity index (χ0) is 17.6. The summed E-state index contributed by atoms with van der Waals surface area (Å²) in [6.45, 7) is 0. The van der Waals surface area contributed by atoms with Gasteiger partial charge in [0.25, 0.3) is 0 Å². The van der Waals surface area contributed by atoms with Gasteiger partial charge in [-0.25, -0.2) is 8.78 Å². The SMILES string of the molecule is N#Cc1c(SCc2cccc(F)c2)nsc1SCc1cccc(F)c1. The first-order chi connectivity index (χ1) is 12.2. The molecule has 0 aliphatic rings. The minimum absolute atomic E-state index is 0.269. The van der Waals surface area contributed by atoms with Crippen molar-refractivity contribution in [3.8, 4) is 6.07 Å². The van der Waals surface area contributed by atoms with Crippen LogP contribution < -0.4 is 0 Å². The molecule has 0 amide bonds. The van der Waals surface area contributed by atoms with Crippen molar-refractivity contribution >= 4 is 35.1 Å². The van der Waals surface area contributed by atoms with Crippen molar-refractivity contribution in [1.82, 2.24) is 4.37 Å². The summed E-state index contributed by atoms with van der Waals surface area (Å²) < 4.78 is 31.6. The quantitative estimate of drug-likeness (QED) is 0.493. The summed E-state index contributed by atoms with van der Waals surface area (Å²) in [5, 5.41) is 10.1. The number of rotatable bonds is 6. The van der Waals surface area contributed by atoms with Crippen LogP contribution in [0.25, 0.3) is 0 Å². The maximum Gasteiger partial charge on any atom is 0.129 e. The first-order valence-electron chi connectivity index (χ1n) is 7.30. The summed E-state index contributed by atoms with van der Waals surface area (Å²) in [6, 6.07) is 15.0. The van der Waals surface area contributed by atoms with E-state index < -0.39 is 0 Å². The molecular formula is C18H12F2N2S3. The number of hydrogen-bond donors (Lipinski definition) is 0. The Hall–Kier alpha value is -1.88. The molecule has 3 aromatic rings. The van der Waals surface area contributed by atoms with Gasteiger partial charge in [0.1, 0.15) is 28.3 Å². The number of hydrogen-bond acceptors (Lipinski definition) is 5. The van der Waals surface area contributed by atoms with Gasteiger partial charge < -0.3 is 0 Å². The summed E-state index contributed by atoms with van der Waals surface area (Å²) >= 11 is 4.15. The van der Waals surface area contributed by atoms with E-state index in [0.29, 0.717) is 22.1 Å². The maximum atomic E-state index is 13.2. The Morgan fingerprint density at radius 3 is 2.12 bits per heavy atom. The second kappa shape index (κ2) is 8.48. The highest BCUT2D eigenvalue weighted by molar-refractivity contribution is 8.00. The van der Waals surface area contributed by atoms with Gasteiger partial charge in [-0.05, 0) is 46.9 Å². The zero-order valence-electron chi connectivity index (χ0n) is 12.9. The van der Waals surface area contributed by atoms with Gasteiger partial charge in [0.2, 0.25) is 0 Å². The molecule has 0 radical (unpaired) electrons. The summed E-state index contributed by atoms with van der Waals surface area (Å²) in [7, 11) is 0. The monoisotopic (exact) mass is 390 g/mol. The van der Waals surface area contributed by atoms with Crippen LogP contribution in [0.4, 0.5) is 8.78 Å². The lowest BCUT2D eigenvalue weighted by Crippen LogP contribution is -1.85. The van der Waals surface area contributed by atoms with Gasteiger partial charge in [0.05, 0.1) is 4.21 Å². The summed E-state index contributed by atoms with van der Waals surface area (Å²) in [5.74, 6) is 0.574. The lowest BCUT2D eigenvalue weighted by Gasteiger charge is -2.01. The van der Waals surface area contributed by atoms with E-state index in [-0.39, 0.29) is 11.6 Å². The number of benzene rings is 2. The zero-order valence-corrected chi connectivity index (χ0v) is 15.4. The van der Waals surface area contributed by atoms with E-state index in [0.717, 1.165) is 15.3 Å². The van der Waals surface area contributed by atoms with Crippen molar-refractivity contribution in [3.63, 3.8) is 0 Å². The fourth-order valence-electron chi connectivity index (χ4n) is 2.11. The molecule has 0 aliphatic heterocycles. The van der Waals surface area contributed by atoms with E-state index in [9.17, 15) is 14.0 Å². The highest BCUT2D eigenvalue weighted by Gasteiger charge is 2.15. The number of thioether (sulfide) groups is 2. The Kier molecular flexibility index (Phi) is 6.08. The number of halogens is 2. The smallest absolute Gasteiger partial charge is 0.129 e. The Bertz CT molecular complexity index is 852. The molecule has 0 saturated heterocycles. The van der Waals surface area contributed by atoms with Crippen molar-refractivity contribution in [2.45, 2.75) is 20.7 Å². The highest BCUT2D eigenvalue weighted by Crippen LogP contribution is 2.36.